The zero-order valence-corrected chi connectivity index (χ0v) is 14.3. The van der Waals surface area contributed by atoms with Crippen LogP contribution in [0.2, 0.25) is 5.02 Å². The third-order valence-corrected chi connectivity index (χ3v) is 3.73. The van der Waals surface area contributed by atoms with Crippen LogP contribution in [-0.2, 0) is 4.79 Å². The maximum atomic E-state index is 13.7. The van der Waals surface area contributed by atoms with E-state index in [0.29, 0.717) is 15.2 Å². The van der Waals surface area contributed by atoms with Gasteiger partial charge < -0.3 is 10.1 Å². The number of anilines is 1. The van der Waals surface area contributed by atoms with Gasteiger partial charge in [-0.3, -0.25) is 4.79 Å². The maximum Gasteiger partial charge on any atom is 0.265 e. The van der Waals surface area contributed by atoms with Gasteiger partial charge in [-0.15, -0.1) is 0 Å². The molecule has 0 saturated carbocycles. The lowest BCUT2D eigenvalue weighted by atomic mass is 10.2. The Morgan fingerprint density at radius 3 is 2.68 bits per heavy atom. The molecule has 3 nitrogen and oxygen atoms in total. The first-order chi connectivity index (χ1) is 10.4. The van der Waals surface area contributed by atoms with E-state index in [1.165, 1.54) is 12.1 Å². The van der Waals surface area contributed by atoms with E-state index >= 15 is 0 Å². The summed E-state index contributed by atoms with van der Waals surface area (Å²) in [6.07, 6.45) is -0.775. The van der Waals surface area contributed by atoms with Crippen LogP contribution in [0.5, 0.6) is 5.75 Å². The fourth-order valence-electron chi connectivity index (χ4n) is 1.81. The van der Waals surface area contributed by atoms with Gasteiger partial charge in [0, 0.05) is 9.50 Å². The van der Waals surface area contributed by atoms with E-state index in [1.807, 2.05) is 6.92 Å². The number of rotatable bonds is 4. The van der Waals surface area contributed by atoms with E-state index in [4.69, 9.17) is 16.3 Å². The van der Waals surface area contributed by atoms with Gasteiger partial charge in [0.25, 0.3) is 5.91 Å². The number of carbonyl (C=O) groups excluding carboxylic acids is 1. The fourth-order valence-corrected chi connectivity index (χ4v) is 2.37. The molecule has 1 amide bonds. The highest BCUT2D eigenvalue weighted by molar-refractivity contribution is 9.10. The molecule has 0 aliphatic carbocycles. The minimum Gasteiger partial charge on any atom is -0.481 e. The summed E-state index contributed by atoms with van der Waals surface area (Å²) in [7, 11) is 0. The normalized spacial score (nSPS) is 11.9. The predicted molar refractivity (Wildman–Crippen MR) is 89.0 cm³/mol. The second-order valence-electron chi connectivity index (χ2n) is 4.78. The van der Waals surface area contributed by atoms with Crippen molar-refractivity contribution in [3.63, 3.8) is 0 Å². The zero-order chi connectivity index (χ0) is 16.3. The fraction of sp³-hybridized carbons (Fsp3) is 0.188. The van der Waals surface area contributed by atoms with Crippen molar-refractivity contribution in [1.29, 1.82) is 0 Å². The topological polar surface area (TPSA) is 38.3 Å². The summed E-state index contributed by atoms with van der Waals surface area (Å²) in [5.41, 5.74) is 0.929. The van der Waals surface area contributed by atoms with Gasteiger partial charge in [-0.2, -0.15) is 0 Å². The Kier molecular flexibility index (Phi) is 5.42. The molecule has 2 aromatic carbocycles. The number of halogens is 3. The van der Waals surface area contributed by atoms with Crippen LogP contribution < -0.4 is 10.1 Å². The average Bonchev–Trinajstić information content (AvgIpc) is 2.44. The van der Waals surface area contributed by atoms with Crippen molar-refractivity contribution >= 4 is 39.1 Å². The molecule has 116 valence electrons. The molecule has 2 rings (SSSR count). The van der Waals surface area contributed by atoms with Crippen LogP contribution >= 0.6 is 27.5 Å². The van der Waals surface area contributed by atoms with Crippen LogP contribution in [0.25, 0.3) is 0 Å². The summed E-state index contributed by atoms with van der Waals surface area (Å²) in [6, 6.07) is 9.54. The minimum atomic E-state index is -0.775. The van der Waals surface area contributed by atoms with E-state index in [1.54, 1.807) is 31.2 Å². The molecule has 0 spiro atoms. The van der Waals surface area contributed by atoms with Crippen molar-refractivity contribution < 1.29 is 13.9 Å². The maximum absolute atomic E-state index is 13.7. The Bertz CT molecular complexity index is 709. The van der Waals surface area contributed by atoms with Gasteiger partial charge in [0.05, 0.1) is 5.69 Å². The molecular weight excluding hydrogens is 373 g/mol. The van der Waals surface area contributed by atoms with E-state index in [9.17, 15) is 9.18 Å². The lowest BCUT2D eigenvalue weighted by molar-refractivity contribution is -0.122. The number of aryl methyl sites for hydroxylation is 1. The Hall–Kier alpha value is -1.59. The summed E-state index contributed by atoms with van der Waals surface area (Å²) in [4.78, 5) is 12.1. The second kappa shape index (κ2) is 7.11. The minimum absolute atomic E-state index is 0.108. The number of hydrogen-bond donors (Lipinski definition) is 1. The van der Waals surface area contributed by atoms with Crippen LogP contribution in [-0.4, -0.2) is 12.0 Å². The molecule has 1 unspecified atom stereocenters. The SMILES string of the molecule is Cc1cc(Cl)ccc1OC(C)C(=O)Nc1ccc(Br)cc1F. The molecule has 0 saturated heterocycles. The van der Waals surface area contributed by atoms with Crippen molar-refractivity contribution in [3.8, 4) is 5.75 Å². The van der Waals surface area contributed by atoms with E-state index in [-0.39, 0.29) is 5.69 Å². The Morgan fingerprint density at radius 1 is 1.32 bits per heavy atom. The Balaban J connectivity index is 2.05. The Morgan fingerprint density at radius 2 is 2.05 bits per heavy atom. The molecule has 0 aliphatic heterocycles. The van der Waals surface area contributed by atoms with Crippen LogP contribution in [0, 0.1) is 12.7 Å². The quantitative estimate of drug-likeness (QED) is 0.807. The molecule has 1 atom stereocenters. The molecule has 22 heavy (non-hydrogen) atoms. The lowest BCUT2D eigenvalue weighted by Gasteiger charge is -2.16. The van der Waals surface area contributed by atoms with Gasteiger partial charge in [0.15, 0.2) is 6.10 Å². The first-order valence-corrected chi connectivity index (χ1v) is 7.72. The predicted octanol–water partition coefficient (Wildman–Crippen LogP) is 4.96. The van der Waals surface area contributed by atoms with Gasteiger partial charge >= 0.3 is 0 Å². The first kappa shape index (κ1) is 16.8. The largest absolute Gasteiger partial charge is 0.481 e. The number of amides is 1. The molecule has 2 aromatic rings. The van der Waals surface area contributed by atoms with Crippen LogP contribution in [0.3, 0.4) is 0 Å². The Labute approximate surface area is 141 Å². The summed E-state index contributed by atoms with van der Waals surface area (Å²) >= 11 is 9.03. The average molecular weight is 387 g/mol. The van der Waals surface area contributed by atoms with E-state index < -0.39 is 17.8 Å². The monoisotopic (exact) mass is 385 g/mol. The highest BCUT2D eigenvalue weighted by Gasteiger charge is 2.17. The number of benzene rings is 2. The molecule has 1 N–H and O–H groups in total. The number of hydrogen-bond acceptors (Lipinski definition) is 2. The van der Waals surface area contributed by atoms with Crippen LogP contribution in [0.15, 0.2) is 40.9 Å². The molecule has 0 aliphatic rings. The number of carbonyl (C=O) groups is 1. The van der Waals surface area contributed by atoms with Crippen molar-refractivity contribution in [2.24, 2.45) is 0 Å². The van der Waals surface area contributed by atoms with Crippen molar-refractivity contribution in [2.75, 3.05) is 5.32 Å². The summed E-state index contributed by atoms with van der Waals surface area (Å²) in [5, 5.41) is 3.10. The number of ether oxygens (including phenoxy) is 1. The standard InChI is InChI=1S/C16H14BrClFNO2/c1-9-7-12(18)4-6-15(9)22-10(2)16(21)20-14-5-3-11(17)8-13(14)19/h3-8,10H,1-2H3,(H,20,21). The van der Waals surface area contributed by atoms with Gasteiger partial charge in [-0.25, -0.2) is 4.39 Å². The third kappa shape index (κ3) is 4.21. The highest BCUT2D eigenvalue weighted by Crippen LogP contribution is 2.24. The van der Waals surface area contributed by atoms with Crippen molar-refractivity contribution in [2.45, 2.75) is 20.0 Å². The molecule has 0 aromatic heterocycles. The van der Waals surface area contributed by atoms with E-state index in [2.05, 4.69) is 21.2 Å². The zero-order valence-electron chi connectivity index (χ0n) is 12.0. The summed E-state index contributed by atoms with van der Waals surface area (Å²) < 4.78 is 19.9. The van der Waals surface area contributed by atoms with Crippen molar-refractivity contribution in [1.82, 2.24) is 0 Å². The molecule has 0 fully saturated rings. The molecule has 0 bridgehead atoms. The highest BCUT2D eigenvalue weighted by atomic mass is 79.9. The molecule has 0 radical (unpaired) electrons. The smallest absolute Gasteiger partial charge is 0.265 e. The molecular formula is C16H14BrClFNO2. The van der Waals surface area contributed by atoms with Gasteiger partial charge in [-0.05, 0) is 55.8 Å². The summed E-state index contributed by atoms with van der Waals surface area (Å²) in [5.74, 6) is -0.392. The summed E-state index contributed by atoms with van der Waals surface area (Å²) in [6.45, 7) is 3.43. The van der Waals surface area contributed by atoms with Crippen LogP contribution in [0.4, 0.5) is 10.1 Å². The lowest BCUT2D eigenvalue weighted by Crippen LogP contribution is -2.30. The van der Waals surface area contributed by atoms with Crippen molar-refractivity contribution in [3.05, 3.63) is 57.3 Å². The molecule has 0 heterocycles. The molecule has 6 heteroatoms. The van der Waals surface area contributed by atoms with Crippen LogP contribution in [0.1, 0.15) is 12.5 Å². The second-order valence-corrected chi connectivity index (χ2v) is 6.14. The van der Waals surface area contributed by atoms with Gasteiger partial charge in [-0.1, -0.05) is 27.5 Å². The van der Waals surface area contributed by atoms with Gasteiger partial charge in [0.1, 0.15) is 11.6 Å². The third-order valence-electron chi connectivity index (χ3n) is 3.00. The van der Waals surface area contributed by atoms with E-state index in [0.717, 1.165) is 5.56 Å². The number of nitrogens with one attached hydrogen (secondary N) is 1. The van der Waals surface area contributed by atoms with Gasteiger partial charge in [0.2, 0.25) is 0 Å². The first-order valence-electron chi connectivity index (χ1n) is 6.55.